The topological polar surface area (TPSA) is 75.6 Å². The first-order chi connectivity index (χ1) is 11.6. The van der Waals surface area contributed by atoms with Gasteiger partial charge in [0.05, 0.1) is 0 Å². The number of benzene rings is 1. The third-order valence-electron chi connectivity index (χ3n) is 5.10. The molecule has 0 aromatic heterocycles. The average molecular weight is 331 g/mol. The zero-order chi connectivity index (χ0) is 16.9. The van der Waals surface area contributed by atoms with E-state index in [4.69, 9.17) is 4.74 Å². The molecular weight excluding hydrogens is 306 g/mol. The number of carbonyl (C=O) groups is 2. The van der Waals surface area contributed by atoms with Crippen LogP contribution in [0.25, 0.3) is 0 Å². The van der Waals surface area contributed by atoms with Crippen molar-refractivity contribution in [3.05, 3.63) is 35.4 Å². The van der Waals surface area contributed by atoms with Crippen LogP contribution in [0.1, 0.15) is 55.6 Å². The Morgan fingerprint density at radius 3 is 2.79 bits per heavy atom. The van der Waals surface area contributed by atoms with Crippen molar-refractivity contribution in [3.8, 4) is 0 Å². The molecule has 1 saturated heterocycles. The van der Waals surface area contributed by atoms with Gasteiger partial charge in [-0.1, -0.05) is 24.3 Å². The highest BCUT2D eigenvalue weighted by Crippen LogP contribution is 2.34. The van der Waals surface area contributed by atoms with Crippen molar-refractivity contribution in [1.29, 1.82) is 0 Å². The maximum absolute atomic E-state index is 12.3. The predicted molar refractivity (Wildman–Crippen MR) is 89.9 cm³/mol. The van der Waals surface area contributed by atoms with Crippen LogP contribution in [0, 0.1) is 0 Å². The van der Waals surface area contributed by atoms with Gasteiger partial charge in [-0.3, -0.25) is 4.79 Å². The number of carboxylic acids is 1. The van der Waals surface area contributed by atoms with Crippen molar-refractivity contribution in [1.82, 2.24) is 5.32 Å². The number of ether oxygens (including phenoxy) is 1. The van der Waals surface area contributed by atoms with Gasteiger partial charge in [-0.25, -0.2) is 4.79 Å². The lowest BCUT2D eigenvalue weighted by atomic mass is 9.79. The highest BCUT2D eigenvalue weighted by molar-refractivity contribution is 5.86. The van der Waals surface area contributed by atoms with Crippen LogP contribution in [0.2, 0.25) is 0 Å². The molecule has 5 nitrogen and oxygen atoms in total. The van der Waals surface area contributed by atoms with Crippen LogP contribution < -0.4 is 5.32 Å². The molecule has 2 aliphatic rings. The fraction of sp³-hybridized carbons (Fsp3) is 0.579. The summed E-state index contributed by atoms with van der Waals surface area (Å²) in [5.74, 6) is -1.07. The van der Waals surface area contributed by atoms with E-state index in [1.54, 1.807) is 0 Å². The summed E-state index contributed by atoms with van der Waals surface area (Å²) in [6.45, 7) is 0.575. The first-order valence-corrected chi connectivity index (χ1v) is 8.87. The molecule has 5 heteroatoms. The lowest BCUT2D eigenvalue weighted by Crippen LogP contribution is -2.47. The van der Waals surface area contributed by atoms with Gasteiger partial charge in [-0.05, 0) is 62.0 Å². The SMILES string of the molecule is O=C(O)C(CC1CCCc2ccccc21)NC(=O)C1CCCCO1. The average Bonchev–Trinajstić information content (AvgIpc) is 2.62. The minimum absolute atomic E-state index is 0.184. The summed E-state index contributed by atoms with van der Waals surface area (Å²) in [5, 5.41) is 12.2. The molecule has 0 bridgehead atoms. The maximum atomic E-state index is 12.3. The summed E-state index contributed by atoms with van der Waals surface area (Å²) < 4.78 is 5.46. The van der Waals surface area contributed by atoms with E-state index in [0.717, 1.165) is 32.1 Å². The lowest BCUT2D eigenvalue weighted by Gasteiger charge is -2.29. The first kappa shape index (κ1) is 17.0. The molecule has 1 aliphatic carbocycles. The Morgan fingerprint density at radius 2 is 2.04 bits per heavy atom. The molecule has 1 heterocycles. The standard InChI is InChI=1S/C19H25NO4/c21-18(17-10-3-4-11-24-17)20-16(19(22)23)12-14-8-5-7-13-6-1-2-9-15(13)14/h1-2,6,9,14,16-17H,3-5,7-8,10-12H2,(H,20,21)(H,22,23). The number of aliphatic carboxylic acids is 1. The van der Waals surface area contributed by atoms with Crippen LogP contribution in [0.3, 0.4) is 0 Å². The fourth-order valence-corrected chi connectivity index (χ4v) is 3.82. The number of hydrogen-bond acceptors (Lipinski definition) is 3. The van der Waals surface area contributed by atoms with Gasteiger partial charge in [0, 0.05) is 6.61 Å². The van der Waals surface area contributed by atoms with Crippen LogP contribution in [0.15, 0.2) is 24.3 Å². The molecule has 1 amide bonds. The largest absolute Gasteiger partial charge is 0.480 e. The minimum atomic E-state index is -0.970. The second kappa shape index (κ2) is 7.79. The molecule has 0 spiro atoms. The summed E-state index contributed by atoms with van der Waals surface area (Å²) in [6, 6.07) is 7.37. The summed E-state index contributed by atoms with van der Waals surface area (Å²) in [5.41, 5.74) is 2.54. The smallest absolute Gasteiger partial charge is 0.326 e. The van der Waals surface area contributed by atoms with Crippen molar-refractivity contribution >= 4 is 11.9 Å². The zero-order valence-corrected chi connectivity index (χ0v) is 13.9. The highest BCUT2D eigenvalue weighted by atomic mass is 16.5. The Bertz CT molecular complexity index is 595. The Labute approximate surface area is 142 Å². The third-order valence-corrected chi connectivity index (χ3v) is 5.10. The molecule has 2 N–H and O–H groups in total. The van der Waals surface area contributed by atoms with E-state index in [9.17, 15) is 14.7 Å². The molecule has 3 atom stereocenters. The predicted octanol–water partition coefficient (Wildman–Crippen LogP) is 2.64. The Kier molecular flexibility index (Phi) is 5.51. The van der Waals surface area contributed by atoms with Crippen LogP contribution in [-0.4, -0.2) is 35.7 Å². The van der Waals surface area contributed by atoms with Crippen molar-refractivity contribution in [2.75, 3.05) is 6.61 Å². The lowest BCUT2D eigenvalue weighted by molar-refractivity contribution is -0.145. The number of carbonyl (C=O) groups excluding carboxylic acids is 1. The first-order valence-electron chi connectivity index (χ1n) is 8.87. The second-order valence-electron chi connectivity index (χ2n) is 6.78. The van der Waals surface area contributed by atoms with Crippen LogP contribution >= 0.6 is 0 Å². The Morgan fingerprint density at radius 1 is 1.21 bits per heavy atom. The normalized spacial score (nSPS) is 24.7. The maximum Gasteiger partial charge on any atom is 0.326 e. The van der Waals surface area contributed by atoms with E-state index < -0.39 is 18.1 Å². The van der Waals surface area contributed by atoms with Gasteiger partial charge < -0.3 is 15.2 Å². The minimum Gasteiger partial charge on any atom is -0.480 e. The van der Waals surface area contributed by atoms with Gasteiger partial charge in [-0.2, -0.15) is 0 Å². The fourth-order valence-electron chi connectivity index (χ4n) is 3.82. The molecule has 130 valence electrons. The van der Waals surface area contributed by atoms with E-state index in [1.165, 1.54) is 11.1 Å². The van der Waals surface area contributed by atoms with Gasteiger partial charge in [0.15, 0.2) is 0 Å². The molecule has 24 heavy (non-hydrogen) atoms. The van der Waals surface area contributed by atoms with E-state index in [1.807, 2.05) is 12.1 Å². The molecule has 1 aliphatic heterocycles. The van der Waals surface area contributed by atoms with Gasteiger partial charge in [0.25, 0.3) is 0 Å². The molecule has 3 unspecified atom stereocenters. The molecule has 1 aromatic carbocycles. The third kappa shape index (κ3) is 3.96. The molecule has 0 saturated carbocycles. The van der Waals surface area contributed by atoms with Gasteiger partial charge in [0.2, 0.25) is 5.91 Å². The van der Waals surface area contributed by atoms with Gasteiger partial charge in [0.1, 0.15) is 12.1 Å². The van der Waals surface area contributed by atoms with Crippen LogP contribution in [0.5, 0.6) is 0 Å². The monoisotopic (exact) mass is 331 g/mol. The van der Waals surface area contributed by atoms with E-state index in [2.05, 4.69) is 17.4 Å². The summed E-state index contributed by atoms with van der Waals surface area (Å²) >= 11 is 0. The number of carboxylic acid groups (broad SMARTS) is 1. The number of hydrogen-bond donors (Lipinski definition) is 2. The van der Waals surface area contributed by atoms with Crippen molar-refractivity contribution < 1.29 is 19.4 Å². The number of nitrogens with one attached hydrogen (secondary N) is 1. The van der Waals surface area contributed by atoms with Gasteiger partial charge in [-0.15, -0.1) is 0 Å². The number of fused-ring (bicyclic) bond motifs is 1. The molecule has 0 radical (unpaired) electrons. The number of aryl methyl sites for hydroxylation is 1. The Balaban J connectivity index is 1.66. The summed E-state index contributed by atoms with van der Waals surface area (Å²) in [7, 11) is 0. The molecule has 3 rings (SSSR count). The highest BCUT2D eigenvalue weighted by Gasteiger charge is 2.30. The zero-order valence-electron chi connectivity index (χ0n) is 13.9. The quantitative estimate of drug-likeness (QED) is 0.870. The molecular formula is C19H25NO4. The van der Waals surface area contributed by atoms with Crippen molar-refractivity contribution in [2.45, 2.75) is 63.0 Å². The van der Waals surface area contributed by atoms with Crippen molar-refractivity contribution in [3.63, 3.8) is 0 Å². The van der Waals surface area contributed by atoms with E-state index in [-0.39, 0.29) is 11.8 Å². The summed E-state index contributed by atoms with van der Waals surface area (Å²) in [6.07, 6.45) is 5.60. The molecule has 1 aromatic rings. The number of rotatable bonds is 5. The van der Waals surface area contributed by atoms with Crippen LogP contribution in [0.4, 0.5) is 0 Å². The number of amides is 1. The summed E-state index contributed by atoms with van der Waals surface area (Å²) in [4.78, 5) is 23.9. The Hall–Kier alpha value is -1.88. The molecule has 1 fully saturated rings. The van der Waals surface area contributed by atoms with Gasteiger partial charge >= 0.3 is 5.97 Å². The second-order valence-corrected chi connectivity index (χ2v) is 6.78. The van der Waals surface area contributed by atoms with E-state index in [0.29, 0.717) is 19.4 Å². The van der Waals surface area contributed by atoms with Crippen molar-refractivity contribution in [2.24, 2.45) is 0 Å². The van der Waals surface area contributed by atoms with Crippen LogP contribution in [-0.2, 0) is 20.7 Å². The van der Waals surface area contributed by atoms with E-state index >= 15 is 0 Å².